The summed E-state index contributed by atoms with van der Waals surface area (Å²) < 4.78 is 13.7. The van der Waals surface area contributed by atoms with E-state index in [9.17, 15) is 24.4 Å². The van der Waals surface area contributed by atoms with Crippen molar-refractivity contribution in [2.24, 2.45) is 0 Å². The van der Waals surface area contributed by atoms with Gasteiger partial charge in [0.05, 0.1) is 16.2 Å². The van der Waals surface area contributed by atoms with E-state index in [-0.39, 0.29) is 16.3 Å². The van der Waals surface area contributed by atoms with Gasteiger partial charge in [-0.25, -0.2) is 4.39 Å². The molecule has 2 N–H and O–H groups in total. The Balaban J connectivity index is 2.38. The number of nitrogens with one attached hydrogen (secondary N) is 1. The van der Waals surface area contributed by atoms with E-state index in [1.165, 1.54) is 18.2 Å². The van der Waals surface area contributed by atoms with Gasteiger partial charge in [-0.15, -0.1) is 0 Å². The number of rotatable bonds is 3. The third kappa shape index (κ3) is 3.26. The second-order valence-electron chi connectivity index (χ2n) is 4.16. The van der Waals surface area contributed by atoms with Gasteiger partial charge in [-0.2, -0.15) is 0 Å². The fourth-order valence-corrected chi connectivity index (χ4v) is 2.04. The standard InChI is InChI=1S/C13H7Cl2FN2O4/c14-6-1-2-12(19)7(3-6)13(20)17-10-5-11(18(21)22)8(15)4-9(10)16/h1-5,19H,(H,17,20). The second-order valence-corrected chi connectivity index (χ2v) is 5.00. The molecule has 22 heavy (non-hydrogen) atoms. The molecule has 0 aliphatic rings. The number of amides is 1. The first-order chi connectivity index (χ1) is 10.3. The van der Waals surface area contributed by atoms with Gasteiger partial charge in [-0.1, -0.05) is 23.2 Å². The maximum absolute atomic E-state index is 13.7. The summed E-state index contributed by atoms with van der Waals surface area (Å²) in [5.41, 5.74) is -1.21. The molecule has 9 heteroatoms. The molecular weight excluding hydrogens is 338 g/mol. The molecule has 0 unspecified atom stereocenters. The summed E-state index contributed by atoms with van der Waals surface area (Å²) >= 11 is 11.3. The van der Waals surface area contributed by atoms with Gasteiger partial charge < -0.3 is 10.4 Å². The first kappa shape index (κ1) is 16.0. The average Bonchev–Trinajstić information content (AvgIpc) is 2.43. The lowest BCUT2D eigenvalue weighted by Gasteiger charge is -2.08. The van der Waals surface area contributed by atoms with Crippen molar-refractivity contribution in [2.45, 2.75) is 0 Å². The molecule has 0 aromatic heterocycles. The Morgan fingerprint density at radius 3 is 2.59 bits per heavy atom. The second kappa shape index (κ2) is 6.17. The zero-order valence-electron chi connectivity index (χ0n) is 10.6. The van der Waals surface area contributed by atoms with Gasteiger partial charge in [0, 0.05) is 17.2 Å². The van der Waals surface area contributed by atoms with Crippen molar-refractivity contribution < 1.29 is 19.2 Å². The number of phenols is 1. The molecule has 1 amide bonds. The van der Waals surface area contributed by atoms with Crippen LogP contribution in [0.15, 0.2) is 30.3 Å². The number of anilines is 1. The highest BCUT2D eigenvalue weighted by molar-refractivity contribution is 6.33. The molecule has 0 radical (unpaired) electrons. The summed E-state index contributed by atoms with van der Waals surface area (Å²) in [7, 11) is 0. The Hall–Kier alpha value is -2.38. The minimum Gasteiger partial charge on any atom is -0.507 e. The SMILES string of the molecule is O=C(Nc1cc([N+](=O)[O-])c(Cl)cc1F)c1cc(Cl)ccc1O. The quantitative estimate of drug-likeness (QED) is 0.650. The van der Waals surface area contributed by atoms with Crippen LogP contribution in [-0.4, -0.2) is 15.9 Å². The molecule has 0 saturated carbocycles. The Bertz CT molecular complexity index is 783. The molecule has 0 atom stereocenters. The Morgan fingerprint density at radius 2 is 1.95 bits per heavy atom. The summed E-state index contributed by atoms with van der Waals surface area (Å²) in [5, 5.41) is 22.3. The zero-order chi connectivity index (χ0) is 16.4. The van der Waals surface area contributed by atoms with Gasteiger partial charge >= 0.3 is 0 Å². The summed E-state index contributed by atoms with van der Waals surface area (Å²) in [5.74, 6) is -2.20. The molecule has 2 rings (SSSR count). The van der Waals surface area contributed by atoms with Gasteiger partial charge in [-0.05, 0) is 18.2 Å². The van der Waals surface area contributed by atoms with Crippen molar-refractivity contribution in [3.8, 4) is 5.75 Å². The Kier molecular flexibility index (Phi) is 4.48. The number of aromatic hydroxyl groups is 1. The molecule has 6 nitrogen and oxygen atoms in total. The highest BCUT2D eigenvalue weighted by Crippen LogP contribution is 2.31. The largest absolute Gasteiger partial charge is 0.507 e. The number of hydrogen-bond donors (Lipinski definition) is 2. The number of nitro benzene ring substituents is 1. The minimum absolute atomic E-state index is 0.186. The maximum Gasteiger partial charge on any atom is 0.290 e. The molecule has 0 aliphatic carbocycles. The molecule has 0 spiro atoms. The normalized spacial score (nSPS) is 10.3. The van der Waals surface area contributed by atoms with Crippen molar-refractivity contribution in [3.05, 3.63) is 61.9 Å². The number of benzene rings is 2. The summed E-state index contributed by atoms with van der Waals surface area (Å²) in [6, 6.07) is 5.23. The number of hydrogen-bond acceptors (Lipinski definition) is 4. The fraction of sp³-hybridized carbons (Fsp3) is 0. The van der Waals surface area contributed by atoms with Gasteiger partial charge in [0.15, 0.2) is 0 Å². The van der Waals surface area contributed by atoms with Gasteiger partial charge in [0.1, 0.15) is 16.6 Å². The van der Waals surface area contributed by atoms with Gasteiger partial charge in [-0.3, -0.25) is 14.9 Å². The fourth-order valence-electron chi connectivity index (χ4n) is 1.65. The first-order valence-electron chi connectivity index (χ1n) is 5.73. The smallest absolute Gasteiger partial charge is 0.290 e. The number of halogens is 3. The zero-order valence-corrected chi connectivity index (χ0v) is 12.2. The topological polar surface area (TPSA) is 92.5 Å². The first-order valence-corrected chi connectivity index (χ1v) is 6.48. The van der Waals surface area contributed by atoms with Crippen LogP contribution in [0.3, 0.4) is 0 Å². The highest BCUT2D eigenvalue weighted by atomic mass is 35.5. The predicted molar refractivity (Wildman–Crippen MR) is 79.1 cm³/mol. The molecule has 0 fully saturated rings. The minimum atomic E-state index is -0.953. The van der Waals surface area contributed by atoms with Gasteiger partial charge in [0.25, 0.3) is 11.6 Å². The maximum atomic E-state index is 13.7. The van der Waals surface area contributed by atoms with Crippen LogP contribution < -0.4 is 5.32 Å². The van der Waals surface area contributed by atoms with Crippen LogP contribution in [0.1, 0.15) is 10.4 Å². The third-order valence-corrected chi connectivity index (χ3v) is 3.22. The van der Waals surface area contributed by atoms with E-state index >= 15 is 0 Å². The molecule has 0 bridgehead atoms. The van der Waals surface area contributed by atoms with Crippen LogP contribution in [0.2, 0.25) is 10.0 Å². The average molecular weight is 345 g/mol. The lowest BCUT2D eigenvalue weighted by molar-refractivity contribution is -0.384. The summed E-state index contributed by atoms with van der Waals surface area (Å²) in [4.78, 5) is 22.0. The summed E-state index contributed by atoms with van der Waals surface area (Å²) in [6.07, 6.45) is 0. The number of carbonyl (C=O) groups is 1. The van der Waals surface area contributed by atoms with E-state index in [0.29, 0.717) is 6.07 Å². The molecular formula is C13H7Cl2FN2O4. The van der Waals surface area contributed by atoms with E-state index in [1.54, 1.807) is 0 Å². The molecule has 0 heterocycles. The van der Waals surface area contributed by atoms with Crippen molar-refractivity contribution in [1.29, 1.82) is 0 Å². The third-order valence-electron chi connectivity index (χ3n) is 2.68. The number of nitro groups is 1. The molecule has 114 valence electrons. The lowest BCUT2D eigenvalue weighted by Crippen LogP contribution is -2.13. The van der Waals surface area contributed by atoms with E-state index in [4.69, 9.17) is 23.2 Å². The van der Waals surface area contributed by atoms with E-state index < -0.39 is 33.0 Å². The van der Waals surface area contributed by atoms with Crippen LogP contribution in [0, 0.1) is 15.9 Å². The van der Waals surface area contributed by atoms with Crippen LogP contribution in [0.5, 0.6) is 5.75 Å². The van der Waals surface area contributed by atoms with Crippen molar-refractivity contribution in [1.82, 2.24) is 0 Å². The van der Waals surface area contributed by atoms with Crippen molar-refractivity contribution in [2.75, 3.05) is 5.32 Å². The van der Waals surface area contributed by atoms with Crippen molar-refractivity contribution in [3.63, 3.8) is 0 Å². The number of nitrogens with zero attached hydrogens (tertiary/aromatic N) is 1. The lowest BCUT2D eigenvalue weighted by atomic mass is 10.1. The van der Waals surface area contributed by atoms with Crippen LogP contribution >= 0.6 is 23.2 Å². The molecule has 2 aromatic carbocycles. The van der Waals surface area contributed by atoms with E-state index in [1.807, 2.05) is 0 Å². The van der Waals surface area contributed by atoms with Crippen LogP contribution in [-0.2, 0) is 0 Å². The predicted octanol–water partition coefficient (Wildman–Crippen LogP) is 4.00. The van der Waals surface area contributed by atoms with Crippen LogP contribution in [0.4, 0.5) is 15.8 Å². The molecule has 2 aromatic rings. The van der Waals surface area contributed by atoms with Gasteiger partial charge in [0.2, 0.25) is 0 Å². The van der Waals surface area contributed by atoms with Crippen molar-refractivity contribution >= 4 is 40.5 Å². The number of carbonyl (C=O) groups excluding carboxylic acids is 1. The Labute approximate surface area is 133 Å². The van der Waals surface area contributed by atoms with E-state index in [0.717, 1.165) is 6.07 Å². The highest BCUT2D eigenvalue weighted by Gasteiger charge is 2.20. The monoisotopic (exact) mass is 344 g/mol. The molecule has 0 saturated heterocycles. The Morgan fingerprint density at radius 1 is 1.27 bits per heavy atom. The number of phenolic OH excluding ortho intramolecular Hbond substituents is 1. The summed E-state index contributed by atoms with van der Waals surface area (Å²) in [6.45, 7) is 0. The van der Waals surface area contributed by atoms with Crippen LogP contribution in [0.25, 0.3) is 0 Å². The molecule has 0 aliphatic heterocycles. The van der Waals surface area contributed by atoms with E-state index in [2.05, 4.69) is 5.32 Å².